The topological polar surface area (TPSA) is 73.5 Å². The van der Waals surface area contributed by atoms with Crippen molar-refractivity contribution in [1.29, 1.82) is 0 Å². The zero-order chi connectivity index (χ0) is 21.0. The summed E-state index contributed by atoms with van der Waals surface area (Å²) < 4.78 is 45.7. The molecule has 158 valence electrons. The molecule has 2 aromatic rings. The van der Waals surface area contributed by atoms with E-state index < -0.39 is 17.6 Å². The molecule has 1 aliphatic heterocycles. The molecular formula is C17H20ClF3N5O2S+. The second-order valence-electron chi connectivity index (χ2n) is 6.53. The third-order valence-electron chi connectivity index (χ3n) is 4.43. The van der Waals surface area contributed by atoms with E-state index >= 15 is 0 Å². The van der Waals surface area contributed by atoms with E-state index in [-0.39, 0.29) is 16.5 Å². The zero-order valence-corrected chi connectivity index (χ0v) is 17.1. The number of nitrogens with zero attached hydrogens (tertiary/aromatic N) is 3. The fraction of sp³-hybridized carbons (Fsp3) is 0.471. The summed E-state index contributed by atoms with van der Waals surface area (Å²) in [7, 11) is 1.82. The minimum atomic E-state index is -4.52. The molecule has 7 nitrogen and oxygen atoms in total. The number of nitrogens with one attached hydrogen (secondary N) is 2. The fourth-order valence-electron chi connectivity index (χ4n) is 2.80. The van der Waals surface area contributed by atoms with Crippen molar-refractivity contribution in [2.75, 3.05) is 37.4 Å². The highest BCUT2D eigenvalue weighted by Gasteiger charge is 2.31. The number of rotatable bonds is 6. The Balaban J connectivity index is 1.57. The van der Waals surface area contributed by atoms with Crippen LogP contribution < -0.4 is 10.2 Å². The molecular weight excluding hydrogens is 431 g/mol. The number of hydrogen-bond donors (Lipinski definition) is 2. The summed E-state index contributed by atoms with van der Waals surface area (Å²) in [6.07, 6.45) is -4.52. The lowest BCUT2D eigenvalue weighted by atomic mass is 10.2. The first kappa shape index (κ1) is 21.9. The second-order valence-corrected chi connectivity index (χ2v) is 7.88. The number of hydrogen-bond acceptors (Lipinski definition) is 5. The van der Waals surface area contributed by atoms with Crippen LogP contribution in [0.25, 0.3) is 0 Å². The van der Waals surface area contributed by atoms with Crippen molar-refractivity contribution < 1.29 is 27.6 Å². The van der Waals surface area contributed by atoms with E-state index in [2.05, 4.69) is 15.5 Å². The summed E-state index contributed by atoms with van der Waals surface area (Å²) in [5, 5.41) is 11.3. The van der Waals surface area contributed by atoms with Gasteiger partial charge in [0.05, 0.1) is 35.2 Å². The molecule has 0 saturated carbocycles. The van der Waals surface area contributed by atoms with Crippen LogP contribution in [0.2, 0.25) is 5.02 Å². The summed E-state index contributed by atoms with van der Waals surface area (Å²) in [5.74, 6) is 0.272. The van der Waals surface area contributed by atoms with Gasteiger partial charge in [0.1, 0.15) is 19.6 Å². The average molecular weight is 451 g/mol. The third kappa shape index (κ3) is 5.84. The number of anilines is 1. The van der Waals surface area contributed by atoms with Gasteiger partial charge in [-0.15, -0.1) is 10.2 Å². The first-order valence-corrected chi connectivity index (χ1v) is 10.2. The summed E-state index contributed by atoms with van der Waals surface area (Å²) >= 11 is 7.05. The van der Waals surface area contributed by atoms with Gasteiger partial charge < -0.3 is 19.5 Å². The van der Waals surface area contributed by atoms with E-state index in [1.165, 1.54) is 4.90 Å². The minimum Gasteiger partial charge on any atom is -0.370 e. The monoisotopic (exact) mass is 450 g/mol. The highest BCUT2D eigenvalue weighted by Crippen LogP contribution is 2.33. The Hall–Kier alpha value is -1.82. The van der Waals surface area contributed by atoms with Crippen LogP contribution in [0.4, 0.5) is 18.9 Å². The highest BCUT2D eigenvalue weighted by molar-refractivity contribution is 7.99. The Kier molecular flexibility index (Phi) is 7.04. The van der Waals surface area contributed by atoms with Gasteiger partial charge in [-0.25, -0.2) is 0 Å². The Morgan fingerprint density at radius 1 is 1.34 bits per heavy atom. The van der Waals surface area contributed by atoms with Crippen LogP contribution in [0.5, 0.6) is 0 Å². The maximum absolute atomic E-state index is 12.8. The fourth-order valence-corrected chi connectivity index (χ4v) is 3.69. The molecule has 1 aromatic heterocycles. The molecule has 0 atom stereocenters. The summed E-state index contributed by atoms with van der Waals surface area (Å²) in [5.41, 5.74) is -0.963. The number of thioether (sulfide) groups is 1. The summed E-state index contributed by atoms with van der Waals surface area (Å²) in [6.45, 7) is 3.94. The number of quaternary nitrogens is 1. The molecule has 2 heterocycles. The lowest BCUT2D eigenvalue weighted by molar-refractivity contribution is -0.922. The van der Waals surface area contributed by atoms with E-state index in [1.54, 1.807) is 0 Å². The smallest absolute Gasteiger partial charge is 0.370 e. The molecule has 0 radical (unpaired) electrons. The largest absolute Gasteiger partial charge is 0.416 e. The number of ether oxygens (including phenoxy) is 1. The molecule has 0 bridgehead atoms. The zero-order valence-electron chi connectivity index (χ0n) is 15.6. The first-order valence-electron chi connectivity index (χ1n) is 8.83. The van der Waals surface area contributed by atoms with Crippen LogP contribution >= 0.6 is 23.4 Å². The van der Waals surface area contributed by atoms with Crippen LogP contribution in [0.1, 0.15) is 11.4 Å². The van der Waals surface area contributed by atoms with Crippen LogP contribution in [0, 0.1) is 0 Å². The quantitative estimate of drug-likeness (QED) is 0.654. The third-order valence-corrected chi connectivity index (χ3v) is 5.78. The number of alkyl halides is 3. The van der Waals surface area contributed by atoms with Gasteiger partial charge in [-0.1, -0.05) is 23.4 Å². The van der Waals surface area contributed by atoms with Crippen molar-refractivity contribution >= 4 is 35.0 Å². The lowest BCUT2D eigenvalue weighted by Crippen LogP contribution is -3.12. The van der Waals surface area contributed by atoms with Gasteiger partial charge in [0.15, 0.2) is 11.0 Å². The van der Waals surface area contributed by atoms with Crippen LogP contribution in [-0.2, 0) is 29.3 Å². The summed E-state index contributed by atoms with van der Waals surface area (Å²) in [4.78, 5) is 13.5. The number of halogens is 4. The van der Waals surface area contributed by atoms with Crippen molar-refractivity contribution in [3.63, 3.8) is 0 Å². The predicted octanol–water partition coefficient (Wildman–Crippen LogP) is 1.63. The van der Waals surface area contributed by atoms with Gasteiger partial charge in [-0.2, -0.15) is 13.2 Å². The van der Waals surface area contributed by atoms with Crippen LogP contribution in [0.3, 0.4) is 0 Å². The molecule has 1 amide bonds. The Labute approximate surface area is 174 Å². The first-order chi connectivity index (χ1) is 13.7. The normalized spacial score (nSPS) is 15.5. The van der Waals surface area contributed by atoms with Crippen LogP contribution in [-0.4, -0.2) is 52.7 Å². The summed E-state index contributed by atoms with van der Waals surface area (Å²) in [6, 6.07) is 2.79. The number of carbonyl (C=O) groups excluding carboxylic acids is 1. The molecule has 12 heteroatoms. The number of benzene rings is 1. The molecule has 1 fully saturated rings. The van der Waals surface area contributed by atoms with Gasteiger partial charge >= 0.3 is 6.18 Å². The number of amides is 1. The van der Waals surface area contributed by atoms with Crippen molar-refractivity contribution in [1.82, 2.24) is 14.8 Å². The van der Waals surface area contributed by atoms with E-state index in [0.29, 0.717) is 24.9 Å². The van der Waals surface area contributed by atoms with Gasteiger partial charge in [0.25, 0.3) is 0 Å². The molecule has 1 saturated heterocycles. The van der Waals surface area contributed by atoms with Crippen molar-refractivity contribution in [3.8, 4) is 0 Å². The Bertz CT molecular complexity index is 871. The van der Waals surface area contributed by atoms with E-state index in [1.807, 2.05) is 11.6 Å². The lowest BCUT2D eigenvalue weighted by Gasteiger charge is -2.23. The van der Waals surface area contributed by atoms with E-state index in [0.717, 1.165) is 48.9 Å². The van der Waals surface area contributed by atoms with Crippen molar-refractivity contribution in [2.24, 2.45) is 7.05 Å². The number of aromatic nitrogens is 3. The molecule has 1 aliphatic rings. The van der Waals surface area contributed by atoms with Crippen molar-refractivity contribution in [3.05, 3.63) is 34.6 Å². The van der Waals surface area contributed by atoms with Crippen LogP contribution in [0.15, 0.2) is 23.4 Å². The van der Waals surface area contributed by atoms with Crippen molar-refractivity contribution in [2.45, 2.75) is 17.9 Å². The standard InChI is InChI=1S/C17H19ClF3N5O2S/c1-25-14(9-26-4-6-28-7-5-26)23-24-16(25)29-10-15(27)22-13-8-11(17(19,20)21)2-3-12(13)18/h2-3,8H,4-7,9-10H2,1H3,(H,22,27)/p+1. The van der Waals surface area contributed by atoms with Gasteiger partial charge in [-0.05, 0) is 18.2 Å². The van der Waals surface area contributed by atoms with E-state index in [9.17, 15) is 18.0 Å². The second kappa shape index (κ2) is 9.33. The Morgan fingerprint density at radius 3 is 2.76 bits per heavy atom. The van der Waals surface area contributed by atoms with E-state index in [4.69, 9.17) is 16.3 Å². The molecule has 2 N–H and O–H groups in total. The SMILES string of the molecule is Cn1c(C[NH+]2CCOCC2)nnc1SCC(=O)Nc1cc(C(F)(F)F)ccc1Cl. The Morgan fingerprint density at radius 2 is 2.07 bits per heavy atom. The van der Waals surface area contributed by atoms with Gasteiger partial charge in [-0.3, -0.25) is 4.79 Å². The van der Waals surface area contributed by atoms with Gasteiger partial charge in [0, 0.05) is 7.05 Å². The maximum atomic E-state index is 12.8. The number of carbonyl (C=O) groups is 1. The molecule has 0 unspecified atom stereocenters. The highest BCUT2D eigenvalue weighted by atomic mass is 35.5. The van der Waals surface area contributed by atoms with Gasteiger partial charge in [0.2, 0.25) is 5.91 Å². The minimum absolute atomic E-state index is 0.0331. The molecule has 0 aliphatic carbocycles. The maximum Gasteiger partial charge on any atom is 0.416 e. The molecule has 0 spiro atoms. The predicted molar refractivity (Wildman–Crippen MR) is 102 cm³/mol. The molecule has 3 rings (SSSR count). The molecule has 1 aromatic carbocycles. The number of morpholine rings is 1. The average Bonchev–Trinajstić information content (AvgIpc) is 3.01. The molecule has 29 heavy (non-hydrogen) atoms.